The molecule has 0 saturated carbocycles. The maximum absolute atomic E-state index is 13.6. The van der Waals surface area contributed by atoms with Gasteiger partial charge >= 0.3 is 0 Å². The molecule has 0 aliphatic carbocycles. The quantitative estimate of drug-likeness (QED) is 0.721. The molecule has 1 saturated heterocycles. The number of allylic oxidation sites excluding steroid dienone is 3. The highest BCUT2D eigenvalue weighted by molar-refractivity contribution is 6.39. The van der Waals surface area contributed by atoms with Gasteiger partial charge in [-0.15, -0.1) is 0 Å². The molecule has 1 rings (SSSR count). The predicted octanol–water partition coefficient (Wildman–Crippen LogP) is 4.41. The molecule has 0 amide bonds. The molecule has 6 heteroatoms. The van der Waals surface area contributed by atoms with E-state index < -0.39 is 5.92 Å². The second-order valence-electron chi connectivity index (χ2n) is 6.31. The molecule has 1 N–H and O–H groups in total. The van der Waals surface area contributed by atoms with Gasteiger partial charge in [-0.3, -0.25) is 4.90 Å². The first-order chi connectivity index (χ1) is 10.7. The third-order valence-electron chi connectivity index (χ3n) is 4.33. The minimum Gasteiger partial charge on any atom is -0.369 e. The maximum Gasteiger partial charge on any atom is 0.260 e. The Morgan fingerprint density at radius 1 is 1.48 bits per heavy atom. The summed E-state index contributed by atoms with van der Waals surface area (Å²) in [5.41, 5.74) is 1.11. The molecule has 0 aromatic carbocycles. The van der Waals surface area contributed by atoms with E-state index in [-0.39, 0.29) is 24.9 Å². The molecular weight excluding hydrogens is 320 g/mol. The Morgan fingerprint density at radius 3 is 2.65 bits per heavy atom. The van der Waals surface area contributed by atoms with Crippen LogP contribution in [0.4, 0.5) is 8.78 Å². The molecule has 1 aliphatic rings. The van der Waals surface area contributed by atoms with E-state index in [4.69, 9.17) is 11.6 Å². The summed E-state index contributed by atoms with van der Waals surface area (Å²) in [6.07, 6.45) is 4.17. The number of rotatable bonds is 6. The smallest absolute Gasteiger partial charge is 0.260 e. The van der Waals surface area contributed by atoms with Crippen LogP contribution in [0, 0.1) is 5.92 Å². The first kappa shape index (κ1) is 20.1. The van der Waals surface area contributed by atoms with Gasteiger partial charge < -0.3 is 5.32 Å². The SMILES string of the molecule is C\C=C(Cl)/C=N\C(NCC1C(C)CC(F)(F)CN1C)=C(\C)CC. The van der Waals surface area contributed by atoms with E-state index in [0.717, 1.165) is 17.8 Å². The Balaban J connectivity index is 2.77. The topological polar surface area (TPSA) is 27.6 Å². The Morgan fingerprint density at radius 2 is 2.13 bits per heavy atom. The summed E-state index contributed by atoms with van der Waals surface area (Å²) >= 11 is 5.95. The molecule has 1 fully saturated rings. The van der Waals surface area contributed by atoms with Crippen molar-refractivity contribution in [2.45, 2.75) is 52.5 Å². The van der Waals surface area contributed by atoms with Crippen molar-refractivity contribution in [3.63, 3.8) is 0 Å². The fraction of sp³-hybridized carbons (Fsp3) is 0.706. The third kappa shape index (κ3) is 6.22. The number of aliphatic imine (C=N–C) groups is 1. The molecule has 2 atom stereocenters. The zero-order valence-electron chi connectivity index (χ0n) is 14.7. The van der Waals surface area contributed by atoms with Crippen molar-refractivity contribution in [1.82, 2.24) is 10.2 Å². The standard InChI is InChI=1S/C17H28ClF2N3/c1-6-12(3)16(21-9-14(18)7-2)22-10-15-13(4)8-17(19,20)11-23(15)5/h7,9,13,15,22H,6,8,10-11H2,1-5H3/b14-7+,16-12+,21-9-. The number of hydrogen-bond acceptors (Lipinski definition) is 3. The number of hydrogen-bond donors (Lipinski definition) is 1. The van der Waals surface area contributed by atoms with E-state index in [2.05, 4.69) is 17.2 Å². The van der Waals surface area contributed by atoms with Gasteiger partial charge in [0.2, 0.25) is 0 Å². The van der Waals surface area contributed by atoms with Crippen LogP contribution in [0.25, 0.3) is 0 Å². The van der Waals surface area contributed by atoms with Crippen LogP contribution in [-0.2, 0) is 0 Å². The van der Waals surface area contributed by atoms with Gasteiger partial charge in [0.1, 0.15) is 5.82 Å². The van der Waals surface area contributed by atoms with Gasteiger partial charge in [0.05, 0.1) is 11.6 Å². The van der Waals surface area contributed by atoms with Gasteiger partial charge in [-0.25, -0.2) is 13.8 Å². The highest BCUT2D eigenvalue weighted by atomic mass is 35.5. The van der Waals surface area contributed by atoms with Crippen molar-refractivity contribution in [1.29, 1.82) is 0 Å². The largest absolute Gasteiger partial charge is 0.369 e. The first-order valence-corrected chi connectivity index (χ1v) is 8.45. The molecule has 1 heterocycles. The van der Waals surface area contributed by atoms with Crippen molar-refractivity contribution in [2.24, 2.45) is 10.9 Å². The summed E-state index contributed by atoms with van der Waals surface area (Å²) in [4.78, 5) is 6.14. The van der Waals surface area contributed by atoms with Gasteiger partial charge in [0.15, 0.2) is 0 Å². The van der Waals surface area contributed by atoms with Crippen LogP contribution in [0.5, 0.6) is 0 Å². The van der Waals surface area contributed by atoms with Crippen molar-refractivity contribution in [2.75, 3.05) is 20.1 Å². The van der Waals surface area contributed by atoms with Crippen LogP contribution in [0.1, 0.15) is 40.5 Å². The molecule has 0 spiro atoms. The van der Waals surface area contributed by atoms with Crippen molar-refractivity contribution >= 4 is 17.8 Å². The second-order valence-corrected chi connectivity index (χ2v) is 6.75. The molecule has 1 aliphatic heterocycles. The first-order valence-electron chi connectivity index (χ1n) is 8.07. The number of piperidine rings is 1. The number of nitrogens with one attached hydrogen (secondary N) is 1. The van der Waals surface area contributed by atoms with Gasteiger partial charge in [-0.2, -0.15) is 0 Å². The van der Waals surface area contributed by atoms with Crippen LogP contribution < -0.4 is 5.32 Å². The molecular formula is C17H28ClF2N3. The van der Waals surface area contributed by atoms with Crippen LogP contribution in [0.3, 0.4) is 0 Å². The lowest BCUT2D eigenvalue weighted by Gasteiger charge is -2.41. The zero-order chi connectivity index (χ0) is 17.6. The highest BCUT2D eigenvalue weighted by Gasteiger charge is 2.42. The average Bonchev–Trinajstić information content (AvgIpc) is 2.46. The summed E-state index contributed by atoms with van der Waals surface area (Å²) in [6, 6.07) is 0.0571. The summed E-state index contributed by atoms with van der Waals surface area (Å²) < 4.78 is 27.2. The summed E-state index contributed by atoms with van der Waals surface area (Å²) in [5, 5.41) is 3.88. The van der Waals surface area contributed by atoms with Crippen LogP contribution in [-0.4, -0.2) is 43.2 Å². The van der Waals surface area contributed by atoms with Crippen molar-refractivity contribution in [3.05, 3.63) is 22.5 Å². The number of halogens is 3. The molecule has 0 aromatic heterocycles. The number of nitrogens with zero attached hydrogens (tertiary/aromatic N) is 2. The second kappa shape index (κ2) is 8.78. The van der Waals surface area contributed by atoms with E-state index in [9.17, 15) is 8.78 Å². The monoisotopic (exact) mass is 347 g/mol. The minimum absolute atomic E-state index is 0.0571. The van der Waals surface area contributed by atoms with Crippen LogP contribution >= 0.6 is 11.6 Å². The van der Waals surface area contributed by atoms with E-state index in [1.54, 1.807) is 24.2 Å². The lowest BCUT2D eigenvalue weighted by Crippen LogP contribution is -2.54. The number of alkyl halides is 2. The Labute approximate surface area is 143 Å². The average molecular weight is 348 g/mol. The Hall–Kier alpha value is -0.940. The van der Waals surface area contributed by atoms with E-state index in [1.165, 1.54) is 0 Å². The van der Waals surface area contributed by atoms with Crippen LogP contribution in [0.2, 0.25) is 0 Å². The summed E-state index contributed by atoms with van der Waals surface area (Å²) in [7, 11) is 1.76. The lowest BCUT2D eigenvalue weighted by atomic mass is 9.89. The fourth-order valence-corrected chi connectivity index (χ4v) is 2.87. The van der Waals surface area contributed by atoms with Gasteiger partial charge in [-0.1, -0.05) is 31.5 Å². The van der Waals surface area contributed by atoms with Crippen LogP contribution in [0.15, 0.2) is 27.5 Å². The maximum atomic E-state index is 13.6. The third-order valence-corrected chi connectivity index (χ3v) is 4.65. The Bertz CT molecular complexity index is 472. The van der Waals surface area contributed by atoms with E-state index in [0.29, 0.717) is 11.6 Å². The fourth-order valence-electron chi connectivity index (χ4n) is 2.82. The Kier molecular flexibility index (Phi) is 7.68. The molecule has 0 aromatic rings. The van der Waals surface area contributed by atoms with Gasteiger partial charge in [0, 0.05) is 25.2 Å². The van der Waals surface area contributed by atoms with Crippen molar-refractivity contribution < 1.29 is 8.78 Å². The highest BCUT2D eigenvalue weighted by Crippen LogP contribution is 2.33. The zero-order valence-corrected chi connectivity index (χ0v) is 15.4. The van der Waals surface area contributed by atoms with Gasteiger partial charge in [-0.05, 0) is 38.8 Å². The van der Waals surface area contributed by atoms with Crippen molar-refractivity contribution in [3.8, 4) is 0 Å². The van der Waals surface area contributed by atoms with E-state index in [1.807, 2.05) is 20.8 Å². The molecule has 132 valence electrons. The van der Waals surface area contributed by atoms with Gasteiger partial charge in [0.25, 0.3) is 5.92 Å². The number of likely N-dealkylation sites (tertiary alicyclic amines) is 1. The molecule has 23 heavy (non-hydrogen) atoms. The molecule has 3 nitrogen and oxygen atoms in total. The molecule has 2 unspecified atom stereocenters. The van der Waals surface area contributed by atoms with E-state index >= 15 is 0 Å². The molecule has 0 radical (unpaired) electrons. The summed E-state index contributed by atoms with van der Waals surface area (Å²) in [6.45, 7) is 8.18. The predicted molar refractivity (Wildman–Crippen MR) is 94.2 cm³/mol. The minimum atomic E-state index is -2.60. The molecule has 0 bridgehead atoms. The summed E-state index contributed by atoms with van der Waals surface area (Å²) in [5.74, 6) is -1.91. The lowest BCUT2D eigenvalue weighted by molar-refractivity contribution is -0.0950. The number of likely N-dealkylation sites (N-methyl/N-ethyl adjacent to an activating group) is 1. The normalized spacial score (nSPS) is 27.2.